The van der Waals surface area contributed by atoms with Gasteiger partial charge in [-0.1, -0.05) is 12.1 Å². The van der Waals surface area contributed by atoms with Crippen LogP contribution < -0.4 is 20.6 Å². The highest BCUT2D eigenvalue weighted by molar-refractivity contribution is 5.92. The Balaban J connectivity index is 1.64. The number of hydrogen-bond donors (Lipinski definition) is 1. The Bertz CT molecular complexity index is 1380. The van der Waals surface area contributed by atoms with Gasteiger partial charge in [0.1, 0.15) is 22.8 Å². The summed E-state index contributed by atoms with van der Waals surface area (Å²) in [5.74, 6) is 1.43. The molecule has 0 bridgehead atoms. The highest BCUT2D eigenvalue weighted by Crippen LogP contribution is 2.40. The minimum atomic E-state index is -0.342. The predicted octanol–water partition coefficient (Wildman–Crippen LogP) is 3.35. The van der Waals surface area contributed by atoms with Gasteiger partial charge in [0.15, 0.2) is 0 Å². The highest BCUT2D eigenvalue weighted by Gasteiger charge is 2.41. The van der Waals surface area contributed by atoms with Crippen molar-refractivity contribution in [2.75, 3.05) is 36.6 Å². The smallest absolute Gasteiger partial charge is 0.313 e. The molecule has 2 fully saturated rings. The molecule has 0 amide bonds. The Morgan fingerprint density at radius 1 is 1.23 bits per heavy atom. The number of aromatic nitrogens is 3. The van der Waals surface area contributed by atoms with Crippen LogP contribution in [0.3, 0.4) is 0 Å². The van der Waals surface area contributed by atoms with E-state index in [0.29, 0.717) is 54.4 Å². The van der Waals surface area contributed by atoms with Crippen molar-refractivity contribution in [1.29, 1.82) is 5.26 Å². The van der Waals surface area contributed by atoms with Gasteiger partial charge in [-0.2, -0.15) is 5.26 Å². The number of rotatable bonds is 6. The van der Waals surface area contributed by atoms with Crippen LogP contribution in [0.2, 0.25) is 0 Å². The number of fused-ring (bicyclic) bond motifs is 1. The summed E-state index contributed by atoms with van der Waals surface area (Å²) in [5, 5.41) is 15.6. The molecule has 35 heavy (non-hydrogen) atoms. The fourth-order valence-corrected chi connectivity index (χ4v) is 4.50. The molecule has 182 valence electrons. The van der Waals surface area contributed by atoms with E-state index in [2.05, 4.69) is 16.4 Å². The molecule has 9 nitrogen and oxygen atoms in total. The van der Waals surface area contributed by atoms with Gasteiger partial charge >= 0.3 is 5.56 Å². The van der Waals surface area contributed by atoms with Gasteiger partial charge in [0.05, 0.1) is 49.4 Å². The summed E-state index contributed by atoms with van der Waals surface area (Å²) in [7, 11) is 0. The quantitative estimate of drug-likeness (QED) is 0.580. The number of ether oxygens (including phenoxy) is 2. The molecule has 0 radical (unpaired) electrons. The van der Waals surface area contributed by atoms with E-state index in [1.54, 1.807) is 10.9 Å². The summed E-state index contributed by atoms with van der Waals surface area (Å²) in [6.07, 6.45) is 3.61. The van der Waals surface area contributed by atoms with E-state index in [4.69, 9.17) is 14.5 Å². The van der Waals surface area contributed by atoms with E-state index in [9.17, 15) is 10.1 Å². The highest BCUT2D eigenvalue weighted by atomic mass is 16.5. The maximum Gasteiger partial charge on any atom is 0.313 e. The van der Waals surface area contributed by atoms with E-state index in [0.717, 1.165) is 24.0 Å². The van der Waals surface area contributed by atoms with Gasteiger partial charge in [-0.25, -0.2) is 14.6 Å². The summed E-state index contributed by atoms with van der Waals surface area (Å²) in [5.41, 5.74) is 2.54. The Hall–Kier alpha value is -3.64. The van der Waals surface area contributed by atoms with Crippen molar-refractivity contribution >= 4 is 16.7 Å². The standard InChI is InChI=1S/C26H30N6O3/c1-16-19(14-27)6-5-7-20(16)17(2)28-24-21-15-32(31-10-12-34-13-11-31)25(33)23(35-26(4)8-9-26)22(21)29-18(3)30-24/h5-7,15,17H,8-13H2,1-4H3,(H,28,29,30). The van der Waals surface area contributed by atoms with Gasteiger partial charge in [0.25, 0.3) is 0 Å². The molecule has 0 spiro atoms. The third-order valence-corrected chi connectivity index (χ3v) is 6.84. The summed E-state index contributed by atoms with van der Waals surface area (Å²) >= 11 is 0. The normalized spacial score (nSPS) is 17.6. The van der Waals surface area contributed by atoms with Crippen molar-refractivity contribution in [2.24, 2.45) is 0 Å². The number of benzene rings is 1. The lowest BCUT2D eigenvalue weighted by Gasteiger charge is -2.31. The van der Waals surface area contributed by atoms with Crippen molar-refractivity contribution in [3.8, 4) is 11.8 Å². The summed E-state index contributed by atoms with van der Waals surface area (Å²) in [6, 6.07) is 7.84. The van der Waals surface area contributed by atoms with Crippen molar-refractivity contribution in [1.82, 2.24) is 14.6 Å². The van der Waals surface area contributed by atoms with Crippen LogP contribution in [0.4, 0.5) is 5.82 Å². The van der Waals surface area contributed by atoms with Gasteiger partial charge in [-0.05, 0) is 57.7 Å². The number of aryl methyl sites for hydroxylation is 1. The number of pyridine rings is 1. The number of morpholine rings is 1. The number of nitriles is 1. The molecule has 1 unspecified atom stereocenters. The van der Waals surface area contributed by atoms with Crippen LogP contribution in [-0.4, -0.2) is 46.5 Å². The second kappa shape index (κ2) is 8.86. The van der Waals surface area contributed by atoms with E-state index in [-0.39, 0.29) is 23.0 Å². The molecule has 1 aliphatic carbocycles. The lowest BCUT2D eigenvalue weighted by Crippen LogP contribution is -2.49. The first-order valence-electron chi connectivity index (χ1n) is 12.0. The van der Waals surface area contributed by atoms with Crippen molar-refractivity contribution in [3.63, 3.8) is 0 Å². The summed E-state index contributed by atoms with van der Waals surface area (Å²) in [6.45, 7) is 10.1. The van der Waals surface area contributed by atoms with E-state index < -0.39 is 0 Å². The maximum atomic E-state index is 13.6. The minimum absolute atomic E-state index is 0.130. The topological polar surface area (TPSA) is 105 Å². The number of nitrogens with zero attached hydrogens (tertiary/aromatic N) is 5. The van der Waals surface area contributed by atoms with Crippen LogP contribution in [0.1, 0.15) is 55.2 Å². The Kier molecular flexibility index (Phi) is 5.85. The molecule has 2 aromatic heterocycles. The van der Waals surface area contributed by atoms with E-state index >= 15 is 0 Å². The molecule has 1 atom stereocenters. The molecule has 3 heterocycles. The minimum Gasteiger partial charge on any atom is -0.480 e. The number of anilines is 1. The van der Waals surface area contributed by atoms with Crippen molar-refractivity contribution in [2.45, 2.75) is 52.2 Å². The maximum absolute atomic E-state index is 13.6. The van der Waals surface area contributed by atoms with Gasteiger partial charge < -0.3 is 19.8 Å². The number of nitrogens with one attached hydrogen (secondary N) is 1. The molecule has 1 N–H and O–H groups in total. The summed E-state index contributed by atoms with van der Waals surface area (Å²) in [4.78, 5) is 23.0. The molecule has 1 saturated heterocycles. The predicted molar refractivity (Wildman–Crippen MR) is 134 cm³/mol. The van der Waals surface area contributed by atoms with E-state index in [1.165, 1.54) is 0 Å². The van der Waals surface area contributed by atoms with Gasteiger partial charge in [0.2, 0.25) is 5.75 Å². The van der Waals surface area contributed by atoms with Crippen LogP contribution in [0.5, 0.6) is 5.75 Å². The van der Waals surface area contributed by atoms with Crippen molar-refractivity contribution < 1.29 is 9.47 Å². The average molecular weight is 475 g/mol. The molecule has 1 saturated carbocycles. The molecule has 3 aromatic rings. The second-order valence-corrected chi connectivity index (χ2v) is 9.61. The first-order chi connectivity index (χ1) is 16.8. The van der Waals surface area contributed by atoms with Crippen LogP contribution in [0, 0.1) is 25.2 Å². The third kappa shape index (κ3) is 4.42. The molecule has 2 aliphatic rings. The zero-order chi connectivity index (χ0) is 24.7. The van der Waals surface area contributed by atoms with Crippen LogP contribution >= 0.6 is 0 Å². The molecular formula is C26H30N6O3. The van der Waals surface area contributed by atoms with E-state index in [1.807, 2.05) is 50.9 Å². The number of hydrogen-bond acceptors (Lipinski definition) is 8. The fraction of sp³-hybridized carbons (Fsp3) is 0.462. The molecule has 1 aliphatic heterocycles. The first-order valence-corrected chi connectivity index (χ1v) is 12.0. The lowest BCUT2D eigenvalue weighted by atomic mass is 9.98. The van der Waals surface area contributed by atoms with Crippen LogP contribution in [0.15, 0.2) is 29.2 Å². The van der Waals surface area contributed by atoms with Crippen LogP contribution in [-0.2, 0) is 4.74 Å². The summed E-state index contributed by atoms with van der Waals surface area (Å²) < 4.78 is 13.4. The van der Waals surface area contributed by atoms with Crippen molar-refractivity contribution in [3.05, 3.63) is 57.3 Å². The molecule has 1 aromatic carbocycles. The molecule has 9 heteroatoms. The van der Waals surface area contributed by atoms with Crippen LogP contribution in [0.25, 0.3) is 10.9 Å². The zero-order valence-corrected chi connectivity index (χ0v) is 20.6. The second-order valence-electron chi connectivity index (χ2n) is 9.61. The SMILES string of the molecule is Cc1nc(NC(C)c2cccc(C#N)c2C)c2cn(N3CCOCC3)c(=O)c(OC3(C)CC3)c2n1. The zero-order valence-electron chi connectivity index (χ0n) is 20.6. The first kappa shape index (κ1) is 23.1. The third-order valence-electron chi connectivity index (χ3n) is 6.84. The van der Waals surface area contributed by atoms with Gasteiger partial charge in [-0.15, -0.1) is 0 Å². The average Bonchev–Trinajstić information content (AvgIpc) is 3.58. The van der Waals surface area contributed by atoms with Gasteiger partial charge in [-0.3, -0.25) is 4.79 Å². The van der Waals surface area contributed by atoms with Gasteiger partial charge in [0, 0.05) is 6.20 Å². The monoisotopic (exact) mass is 474 g/mol. The Morgan fingerprint density at radius 3 is 2.66 bits per heavy atom. The molecule has 5 rings (SSSR count). The fourth-order valence-electron chi connectivity index (χ4n) is 4.50. The molecular weight excluding hydrogens is 444 g/mol. The largest absolute Gasteiger partial charge is 0.480 e. The lowest BCUT2D eigenvalue weighted by molar-refractivity contribution is 0.110. The Labute approximate surface area is 204 Å². The Morgan fingerprint density at radius 2 is 1.97 bits per heavy atom.